The number of allylic oxidation sites excluding steroid dienone is 1. The summed E-state index contributed by atoms with van der Waals surface area (Å²) < 4.78 is 11.3. The normalized spacial score (nSPS) is 18.6. The highest BCUT2D eigenvalue weighted by atomic mass is 35.5. The van der Waals surface area contributed by atoms with Crippen molar-refractivity contribution in [3.63, 3.8) is 0 Å². The van der Waals surface area contributed by atoms with Gasteiger partial charge in [0.05, 0.1) is 18.8 Å². The Morgan fingerprint density at radius 3 is 2.74 bits per heavy atom. The van der Waals surface area contributed by atoms with E-state index < -0.39 is 0 Å². The molecule has 0 bridgehead atoms. The molecule has 0 unspecified atom stereocenters. The van der Waals surface area contributed by atoms with Crippen molar-refractivity contribution in [3.05, 3.63) is 63.4 Å². The van der Waals surface area contributed by atoms with Crippen LogP contribution in [-0.2, 0) is 11.3 Å². The third-order valence-electron chi connectivity index (χ3n) is 5.02. The van der Waals surface area contributed by atoms with Crippen molar-refractivity contribution in [1.82, 2.24) is 0 Å². The van der Waals surface area contributed by atoms with Crippen molar-refractivity contribution in [3.8, 4) is 11.5 Å². The summed E-state index contributed by atoms with van der Waals surface area (Å²) in [5.41, 5.74) is 2.39. The molecule has 6 heteroatoms. The molecule has 4 rings (SSSR count). The molecule has 0 spiro atoms. The van der Waals surface area contributed by atoms with E-state index in [0.29, 0.717) is 52.8 Å². The smallest absolute Gasteiger partial charge is 0.232 e. The summed E-state index contributed by atoms with van der Waals surface area (Å²) in [5.74, 6) is 0.310. The third-order valence-corrected chi connectivity index (χ3v) is 5.37. The predicted octanol–water partition coefficient (Wildman–Crippen LogP) is 1.75. The van der Waals surface area contributed by atoms with Crippen molar-refractivity contribution in [1.29, 1.82) is 0 Å². The number of morpholine rings is 1. The number of carbonyl (C=O) groups excluding carboxylic acids is 1. The fourth-order valence-electron chi connectivity index (χ4n) is 3.55. The van der Waals surface area contributed by atoms with Crippen molar-refractivity contribution < 1.29 is 24.3 Å². The highest BCUT2D eigenvalue weighted by molar-refractivity contribution is 6.32. The zero-order valence-corrected chi connectivity index (χ0v) is 15.8. The number of rotatable bonds is 3. The van der Waals surface area contributed by atoms with E-state index in [1.807, 2.05) is 18.2 Å². The molecule has 1 fully saturated rings. The highest BCUT2D eigenvalue weighted by Crippen LogP contribution is 2.40. The van der Waals surface area contributed by atoms with Gasteiger partial charge >= 0.3 is 0 Å². The fraction of sp³-hybridized carbons (Fsp3) is 0.286. The minimum atomic E-state index is -0.208. The van der Waals surface area contributed by atoms with Crippen LogP contribution >= 0.6 is 11.6 Å². The van der Waals surface area contributed by atoms with Gasteiger partial charge in [-0.1, -0.05) is 41.6 Å². The molecule has 0 saturated carbocycles. The van der Waals surface area contributed by atoms with Crippen LogP contribution in [-0.4, -0.2) is 32.1 Å². The Labute approximate surface area is 162 Å². The van der Waals surface area contributed by atoms with E-state index >= 15 is 0 Å². The van der Waals surface area contributed by atoms with Crippen LogP contribution in [0.2, 0.25) is 5.02 Å². The fourth-order valence-corrected chi connectivity index (χ4v) is 3.75. The van der Waals surface area contributed by atoms with E-state index in [-0.39, 0.29) is 17.3 Å². The van der Waals surface area contributed by atoms with Crippen LogP contribution in [0, 0.1) is 6.92 Å². The second-order valence-corrected chi connectivity index (χ2v) is 7.28. The van der Waals surface area contributed by atoms with Crippen molar-refractivity contribution in [2.75, 3.05) is 26.3 Å². The summed E-state index contributed by atoms with van der Waals surface area (Å²) in [5, 5.41) is 13.2. The van der Waals surface area contributed by atoms with Crippen LogP contribution in [0.25, 0.3) is 6.08 Å². The number of aryl methyl sites for hydroxylation is 1. The first-order chi connectivity index (χ1) is 13.0. The number of hydrogen-bond donors (Lipinski definition) is 1. The molecular formula is C21H20ClNO4. The summed E-state index contributed by atoms with van der Waals surface area (Å²) >= 11 is 6.20. The molecule has 2 aliphatic heterocycles. The number of ketones is 1. The first kappa shape index (κ1) is 18.0. The average Bonchev–Trinajstić information content (AvgIpc) is 2.98. The SMILES string of the molecule is Cc1cc([O-])c(C[NH+]2CCOCC2)c2c1C(=O)/C(=C/c1ccccc1Cl)O2. The van der Waals surface area contributed by atoms with Gasteiger partial charge in [0.2, 0.25) is 5.78 Å². The Bertz CT molecular complexity index is 932. The van der Waals surface area contributed by atoms with Crippen LogP contribution < -0.4 is 14.7 Å². The van der Waals surface area contributed by atoms with Gasteiger partial charge in [0.25, 0.3) is 0 Å². The second-order valence-electron chi connectivity index (χ2n) is 6.87. The molecule has 1 saturated heterocycles. The van der Waals surface area contributed by atoms with Gasteiger partial charge in [-0.3, -0.25) is 4.79 Å². The first-order valence-electron chi connectivity index (χ1n) is 8.98. The number of hydrogen-bond acceptors (Lipinski definition) is 4. The van der Waals surface area contributed by atoms with Crippen LogP contribution in [0.1, 0.15) is 27.0 Å². The van der Waals surface area contributed by atoms with Crippen LogP contribution in [0.5, 0.6) is 11.5 Å². The second kappa shape index (κ2) is 7.35. The van der Waals surface area contributed by atoms with E-state index in [9.17, 15) is 9.90 Å². The maximum absolute atomic E-state index is 12.9. The summed E-state index contributed by atoms with van der Waals surface area (Å²) in [6, 6.07) is 8.79. The van der Waals surface area contributed by atoms with Gasteiger partial charge in [-0.15, -0.1) is 0 Å². The highest BCUT2D eigenvalue weighted by Gasteiger charge is 2.33. The zero-order chi connectivity index (χ0) is 19.0. The minimum absolute atomic E-state index is 0.0861. The predicted molar refractivity (Wildman–Crippen MR) is 100 cm³/mol. The topological polar surface area (TPSA) is 63.0 Å². The molecule has 140 valence electrons. The maximum Gasteiger partial charge on any atom is 0.232 e. The minimum Gasteiger partial charge on any atom is -0.872 e. The Morgan fingerprint density at radius 1 is 1.26 bits per heavy atom. The monoisotopic (exact) mass is 385 g/mol. The Morgan fingerprint density at radius 2 is 2.00 bits per heavy atom. The lowest BCUT2D eigenvalue weighted by Gasteiger charge is -2.26. The standard InChI is InChI=1S/C21H20ClNO4/c1-13-10-17(24)15(12-23-6-8-26-9-7-23)21-19(13)20(25)18(27-21)11-14-4-2-3-5-16(14)22/h2-5,10-11,24H,6-9,12H2,1H3/b18-11-. The number of ether oxygens (including phenoxy) is 2. The summed E-state index contributed by atoms with van der Waals surface area (Å²) in [7, 11) is 0. The molecule has 0 atom stereocenters. The Kier molecular flexibility index (Phi) is 4.91. The molecule has 0 aromatic heterocycles. The van der Waals surface area contributed by atoms with Crippen LogP contribution in [0.15, 0.2) is 36.1 Å². The summed E-state index contributed by atoms with van der Waals surface area (Å²) in [6.07, 6.45) is 1.64. The molecule has 27 heavy (non-hydrogen) atoms. The zero-order valence-electron chi connectivity index (χ0n) is 15.0. The van der Waals surface area contributed by atoms with Crippen LogP contribution in [0.4, 0.5) is 0 Å². The maximum atomic E-state index is 12.9. The van der Waals surface area contributed by atoms with Gasteiger partial charge in [0, 0.05) is 10.6 Å². The van der Waals surface area contributed by atoms with Crippen molar-refractivity contribution >= 4 is 23.5 Å². The van der Waals surface area contributed by atoms with Crippen molar-refractivity contribution in [2.24, 2.45) is 0 Å². The molecule has 1 N–H and O–H groups in total. The van der Waals surface area contributed by atoms with Gasteiger partial charge in [0.15, 0.2) is 5.76 Å². The van der Waals surface area contributed by atoms with E-state index in [0.717, 1.165) is 13.1 Å². The third kappa shape index (κ3) is 3.46. The molecule has 2 aromatic carbocycles. The van der Waals surface area contributed by atoms with E-state index in [4.69, 9.17) is 21.1 Å². The number of Topliss-reactive ketones (excluding diaryl/α,β-unsaturated/α-hetero) is 1. The number of fused-ring (bicyclic) bond motifs is 1. The average molecular weight is 386 g/mol. The van der Waals surface area contributed by atoms with Gasteiger partial charge < -0.3 is 19.5 Å². The summed E-state index contributed by atoms with van der Waals surface area (Å²) in [6.45, 7) is 5.31. The lowest BCUT2D eigenvalue weighted by molar-refractivity contribution is -0.921. The Hall–Kier alpha value is -2.34. The Balaban J connectivity index is 1.72. The van der Waals surface area contributed by atoms with E-state index in [2.05, 4.69) is 0 Å². The van der Waals surface area contributed by atoms with E-state index in [1.165, 1.54) is 11.0 Å². The number of carbonyl (C=O) groups is 1. The van der Waals surface area contributed by atoms with Gasteiger partial charge in [-0.25, -0.2) is 0 Å². The quantitative estimate of drug-likeness (QED) is 0.818. The largest absolute Gasteiger partial charge is 0.872 e. The molecule has 2 heterocycles. The molecular weight excluding hydrogens is 366 g/mol. The van der Waals surface area contributed by atoms with Gasteiger partial charge in [-0.2, -0.15) is 0 Å². The first-order valence-corrected chi connectivity index (χ1v) is 9.36. The molecule has 2 aliphatic rings. The number of benzene rings is 2. The van der Waals surface area contributed by atoms with Crippen molar-refractivity contribution in [2.45, 2.75) is 13.5 Å². The van der Waals surface area contributed by atoms with Crippen LogP contribution in [0.3, 0.4) is 0 Å². The van der Waals surface area contributed by atoms with Gasteiger partial charge in [0.1, 0.15) is 25.4 Å². The van der Waals surface area contributed by atoms with E-state index in [1.54, 1.807) is 19.1 Å². The van der Waals surface area contributed by atoms with Gasteiger partial charge in [-0.05, 0) is 30.2 Å². The lowest BCUT2D eigenvalue weighted by atomic mass is 9.99. The molecule has 0 amide bonds. The molecule has 2 aromatic rings. The number of nitrogens with one attached hydrogen (secondary N) is 1. The number of quaternary nitrogens is 1. The summed E-state index contributed by atoms with van der Waals surface area (Å²) in [4.78, 5) is 14.2. The number of halogens is 1. The lowest BCUT2D eigenvalue weighted by Crippen LogP contribution is -3.12. The molecule has 0 aliphatic carbocycles. The molecule has 5 nitrogen and oxygen atoms in total. The molecule has 0 radical (unpaired) electrons.